The molecule has 2 heteroatoms. The number of rotatable bonds is 7. The van der Waals surface area contributed by atoms with Gasteiger partial charge in [0.1, 0.15) is 0 Å². The van der Waals surface area contributed by atoms with Gasteiger partial charge in [0.15, 0.2) is 0 Å². The average molecular weight is 668 g/mol. The summed E-state index contributed by atoms with van der Waals surface area (Å²) in [4.78, 5) is 6.43. The Labute approximate surface area is 301 Å². The average Bonchev–Trinajstić information content (AvgIpc) is 3.61. The first-order chi connectivity index (χ1) is 25.2. The monoisotopic (exact) mass is 667 g/mol. The largest absolute Gasteiger partial charge is 0.247 e. The van der Waals surface area contributed by atoms with Crippen LogP contribution in [0.1, 0.15) is 5.56 Å². The number of thiophene rings is 1. The first kappa shape index (κ1) is 30.7. The van der Waals surface area contributed by atoms with Gasteiger partial charge in [0.2, 0.25) is 0 Å². The van der Waals surface area contributed by atoms with Crippen LogP contribution < -0.4 is 0 Å². The molecule has 240 valence electrons. The van der Waals surface area contributed by atoms with Gasteiger partial charge in [-0.2, -0.15) is 0 Å². The van der Waals surface area contributed by atoms with E-state index in [1.165, 1.54) is 69.9 Å². The topological polar surface area (TPSA) is 12.9 Å². The van der Waals surface area contributed by atoms with Crippen molar-refractivity contribution in [3.8, 4) is 44.0 Å². The van der Waals surface area contributed by atoms with Crippen molar-refractivity contribution in [1.29, 1.82) is 0 Å². The fourth-order valence-electron chi connectivity index (χ4n) is 7.49. The minimum absolute atomic E-state index is 0.970. The van der Waals surface area contributed by atoms with Crippen molar-refractivity contribution in [2.75, 3.05) is 0 Å². The zero-order valence-corrected chi connectivity index (χ0v) is 28.8. The molecule has 0 radical (unpaired) electrons. The summed E-state index contributed by atoms with van der Waals surface area (Å²) in [6.45, 7) is 8.29. The van der Waals surface area contributed by atoms with Crippen LogP contribution >= 0.6 is 11.3 Å². The first-order valence-electron chi connectivity index (χ1n) is 17.2. The molecular formula is C49H33NS. The highest BCUT2D eigenvalue weighted by molar-refractivity contribution is 7.23. The highest BCUT2D eigenvalue weighted by Gasteiger charge is 2.25. The standard InChI is InChI=1S/C49H33NS/c1-3-15-32(4-2)43-40-22-13-14-23-41(40)46-45(36-19-9-6-10-20-36)48(51-49(46)44(43)35-17-7-5-8-18-35)38-28-25-34(26-29-38)42-31-30-37-27-24-33-16-11-12-21-39(33)47(37)50-42/h3-31H,1-2H2/b32-15+. The smallest absolute Gasteiger partial charge is 0.0787 e. The van der Waals surface area contributed by atoms with E-state index in [4.69, 9.17) is 4.98 Å². The van der Waals surface area contributed by atoms with Gasteiger partial charge in [-0.3, -0.25) is 0 Å². The number of benzene rings is 7. The third-order valence-electron chi connectivity index (χ3n) is 9.81. The molecule has 0 atom stereocenters. The maximum Gasteiger partial charge on any atom is 0.0787 e. The van der Waals surface area contributed by atoms with Gasteiger partial charge < -0.3 is 0 Å². The molecule has 2 aromatic heterocycles. The second kappa shape index (κ2) is 12.8. The Hall–Kier alpha value is -6.35. The molecule has 0 N–H and O–H groups in total. The molecular weight excluding hydrogens is 635 g/mol. The van der Waals surface area contributed by atoms with Crippen LogP contribution in [-0.2, 0) is 0 Å². The Morgan fingerprint density at radius 1 is 0.510 bits per heavy atom. The summed E-state index contributed by atoms with van der Waals surface area (Å²) in [5.74, 6) is 0. The van der Waals surface area contributed by atoms with E-state index in [0.29, 0.717) is 0 Å². The molecule has 0 aliphatic rings. The van der Waals surface area contributed by atoms with Gasteiger partial charge in [-0.25, -0.2) is 4.98 Å². The fraction of sp³-hybridized carbons (Fsp3) is 0. The second-order valence-electron chi connectivity index (χ2n) is 12.7. The van der Waals surface area contributed by atoms with Crippen molar-refractivity contribution >= 4 is 59.4 Å². The number of pyridine rings is 1. The van der Waals surface area contributed by atoms with E-state index in [1.807, 2.05) is 23.5 Å². The molecule has 0 amide bonds. The Kier molecular flexibility index (Phi) is 7.72. The summed E-state index contributed by atoms with van der Waals surface area (Å²) in [6.07, 6.45) is 5.88. The predicted octanol–water partition coefficient (Wildman–Crippen LogP) is 14.2. The Bertz CT molecular complexity index is 2800. The minimum Gasteiger partial charge on any atom is -0.247 e. The van der Waals surface area contributed by atoms with Crippen LogP contribution in [0.3, 0.4) is 0 Å². The minimum atomic E-state index is 0.970. The molecule has 7 aromatic carbocycles. The third kappa shape index (κ3) is 5.20. The zero-order chi connectivity index (χ0) is 34.3. The van der Waals surface area contributed by atoms with Gasteiger partial charge in [0.05, 0.1) is 11.2 Å². The molecule has 9 rings (SSSR count). The Morgan fingerprint density at radius 2 is 1.10 bits per heavy atom. The van der Waals surface area contributed by atoms with E-state index >= 15 is 0 Å². The molecule has 2 heterocycles. The third-order valence-corrected chi connectivity index (χ3v) is 11.1. The molecule has 0 aliphatic carbocycles. The summed E-state index contributed by atoms with van der Waals surface area (Å²) in [5.41, 5.74) is 11.4. The molecule has 1 nitrogen and oxygen atoms in total. The zero-order valence-electron chi connectivity index (χ0n) is 28.0. The van der Waals surface area contributed by atoms with Gasteiger partial charge >= 0.3 is 0 Å². The summed E-state index contributed by atoms with van der Waals surface area (Å²) >= 11 is 1.87. The highest BCUT2D eigenvalue weighted by atomic mass is 32.1. The van der Waals surface area contributed by atoms with Gasteiger partial charge in [-0.05, 0) is 50.1 Å². The molecule has 51 heavy (non-hydrogen) atoms. The molecule has 0 spiro atoms. The van der Waals surface area contributed by atoms with Crippen LogP contribution in [0.5, 0.6) is 0 Å². The fourth-order valence-corrected chi connectivity index (χ4v) is 8.90. The van der Waals surface area contributed by atoms with Crippen molar-refractivity contribution in [3.63, 3.8) is 0 Å². The van der Waals surface area contributed by atoms with Crippen LogP contribution in [0.2, 0.25) is 0 Å². The van der Waals surface area contributed by atoms with Crippen LogP contribution in [0.4, 0.5) is 0 Å². The number of allylic oxidation sites excluding steroid dienone is 4. The summed E-state index contributed by atoms with van der Waals surface area (Å²) < 4.78 is 1.26. The molecule has 0 aliphatic heterocycles. The van der Waals surface area contributed by atoms with E-state index in [9.17, 15) is 0 Å². The lowest BCUT2D eigenvalue weighted by Gasteiger charge is -2.17. The van der Waals surface area contributed by atoms with Gasteiger partial charge in [-0.1, -0.05) is 183 Å². The van der Waals surface area contributed by atoms with Crippen molar-refractivity contribution in [2.45, 2.75) is 0 Å². The van der Waals surface area contributed by atoms with Crippen LogP contribution in [0.25, 0.3) is 92.1 Å². The molecule has 9 aromatic rings. The van der Waals surface area contributed by atoms with Crippen LogP contribution in [0, 0.1) is 0 Å². The van der Waals surface area contributed by atoms with Crippen LogP contribution in [-0.4, -0.2) is 4.98 Å². The van der Waals surface area contributed by atoms with E-state index in [0.717, 1.165) is 27.7 Å². The molecule has 0 saturated carbocycles. The maximum absolute atomic E-state index is 5.19. The van der Waals surface area contributed by atoms with Gasteiger partial charge in [-0.15, -0.1) is 11.3 Å². The lowest BCUT2D eigenvalue weighted by molar-refractivity contribution is 1.41. The van der Waals surface area contributed by atoms with Crippen LogP contribution in [0.15, 0.2) is 189 Å². The highest BCUT2D eigenvalue weighted by Crippen LogP contribution is 2.53. The lowest BCUT2D eigenvalue weighted by Crippen LogP contribution is -1.93. The Morgan fingerprint density at radius 3 is 1.80 bits per heavy atom. The SMILES string of the molecule is C=C/C=C(\C=C)c1c(-c2ccccc2)c2sc(-c3ccc(-c4ccc5ccc6ccccc6c5n4)cc3)c(-c3ccccc3)c2c2ccccc12. The van der Waals surface area contributed by atoms with E-state index in [2.05, 4.69) is 177 Å². The maximum atomic E-state index is 5.19. The number of aromatic nitrogens is 1. The number of hydrogen-bond acceptors (Lipinski definition) is 2. The molecule has 0 unspecified atom stereocenters. The van der Waals surface area contributed by atoms with Gasteiger partial charge in [0.25, 0.3) is 0 Å². The first-order valence-corrected chi connectivity index (χ1v) is 18.0. The molecule has 0 bridgehead atoms. The summed E-state index contributed by atoms with van der Waals surface area (Å²) in [7, 11) is 0. The number of nitrogens with zero attached hydrogens (tertiary/aromatic N) is 1. The summed E-state index contributed by atoms with van der Waals surface area (Å²) in [6, 6.07) is 56.5. The van der Waals surface area contributed by atoms with Gasteiger partial charge in [0, 0.05) is 42.4 Å². The Balaban J connectivity index is 1.32. The van der Waals surface area contributed by atoms with E-state index in [-0.39, 0.29) is 0 Å². The summed E-state index contributed by atoms with van der Waals surface area (Å²) in [5, 5.41) is 7.22. The van der Waals surface area contributed by atoms with Crippen molar-refractivity contribution in [2.24, 2.45) is 0 Å². The quantitative estimate of drug-likeness (QED) is 0.122. The number of hydrogen-bond donors (Lipinski definition) is 0. The van der Waals surface area contributed by atoms with Crippen molar-refractivity contribution in [3.05, 3.63) is 195 Å². The molecule has 0 saturated heterocycles. The number of fused-ring (bicyclic) bond motifs is 6. The van der Waals surface area contributed by atoms with Crippen molar-refractivity contribution < 1.29 is 0 Å². The second-order valence-corrected chi connectivity index (χ2v) is 13.8. The lowest BCUT2D eigenvalue weighted by atomic mass is 9.85. The normalized spacial score (nSPS) is 11.8. The van der Waals surface area contributed by atoms with E-state index in [1.54, 1.807) is 0 Å². The van der Waals surface area contributed by atoms with E-state index < -0.39 is 0 Å². The van der Waals surface area contributed by atoms with Crippen molar-refractivity contribution in [1.82, 2.24) is 4.98 Å². The molecule has 0 fully saturated rings. The predicted molar refractivity (Wildman–Crippen MR) is 222 cm³/mol.